The number of unbranched alkanes of at least 4 members (excludes halogenated alkanes) is 2. The number of rotatable bonds is 45. The lowest BCUT2D eigenvalue weighted by molar-refractivity contribution is -0.218. The van der Waals surface area contributed by atoms with Gasteiger partial charge in [-0.25, -0.2) is 0 Å². The van der Waals surface area contributed by atoms with Crippen molar-refractivity contribution in [3.05, 3.63) is 12.0 Å². The van der Waals surface area contributed by atoms with Crippen molar-refractivity contribution >= 4 is 35.3 Å². The number of Topliss-reactive ketones (excluding diaryl/α,β-unsaturated/α-hetero) is 1. The zero-order valence-corrected chi connectivity index (χ0v) is 42.1. The Morgan fingerprint density at radius 3 is 1.79 bits per heavy atom. The maximum Gasteiger partial charge on any atom is 0.246 e. The highest BCUT2D eigenvalue weighted by atomic mass is 16.7. The summed E-state index contributed by atoms with van der Waals surface area (Å²) in [6, 6.07) is -3.69. The van der Waals surface area contributed by atoms with E-state index in [0.717, 1.165) is 6.26 Å². The van der Waals surface area contributed by atoms with Gasteiger partial charge in [-0.3, -0.25) is 28.8 Å². The molecular weight excluding hydrogens is 961 g/mol. The molecule has 0 radical (unpaired) electrons. The maximum atomic E-state index is 13.3. The molecule has 12 N–H and O–H groups in total. The molecule has 0 spiro atoms. The fourth-order valence-corrected chi connectivity index (χ4v) is 6.40. The molecule has 0 aromatic heterocycles. The van der Waals surface area contributed by atoms with E-state index in [1.165, 1.54) is 27.7 Å². The Morgan fingerprint density at radius 1 is 0.694 bits per heavy atom. The third kappa shape index (κ3) is 31.4. The highest BCUT2D eigenvalue weighted by Gasteiger charge is 2.37. The van der Waals surface area contributed by atoms with Gasteiger partial charge in [0.05, 0.1) is 105 Å². The van der Waals surface area contributed by atoms with Gasteiger partial charge < -0.3 is 105 Å². The number of amides is 5. The SMILES string of the molecule is CC(=O)NC(CO)C(OCCOCCOCCOCC(=O)NCCCCC(NC(=O)C(CCCCN)NC(=O)COCCOCCOCCOC1OC=C(O)C(O)C1NC(C)=O)C(C)=O)OC(CO)C(C)O. The summed E-state index contributed by atoms with van der Waals surface area (Å²) in [7, 11) is 0. The summed E-state index contributed by atoms with van der Waals surface area (Å²) in [4.78, 5) is 73.6. The first-order valence-electron chi connectivity index (χ1n) is 24.1. The van der Waals surface area contributed by atoms with Gasteiger partial charge in [-0.05, 0) is 58.9 Å². The Morgan fingerprint density at radius 2 is 1.25 bits per heavy atom. The minimum Gasteiger partial charge on any atom is -0.506 e. The van der Waals surface area contributed by atoms with Crippen LogP contribution in [0, 0.1) is 0 Å². The molecule has 9 unspecified atom stereocenters. The smallest absolute Gasteiger partial charge is 0.246 e. The van der Waals surface area contributed by atoms with Crippen LogP contribution in [0.25, 0.3) is 0 Å². The molecule has 27 heteroatoms. The topological polar surface area (TPSA) is 382 Å². The minimum absolute atomic E-state index is 0.00638. The number of aliphatic hydroxyl groups excluding tert-OH is 5. The first-order chi connectivity index (χ1) is 34.5. The number of nitrogens with one attached hydrogen (secondary N) is 5. The van der Waals surface area contributed by atoms with Crippen LogP contribution in [-0.4, -0.2) is 235 Å². The van der Waals surface area contributed by atoms with E-state index in [1.54, 1.807) is 0 Å². The predicted molar refractivity (Wildman–Crippen MR) is 252 cm³/mol. The van der Waals surface area contributed by atoms with E-state index < -0.39 is 97.7 Å². The van der Waals surface area contributed by atoms with Crippen LogP contribution in [0.5, 0.6) is 0 Å². The van der Waals surface area contributed by atoms with Gasteiger partial charge >= 0.3 is 0 Å². The average molecular weight is 1040 g/mol. The molecule has 0 saturated carbocycles. The van der Waals surface area contributed by atoms with Crippen LogP contribution in [0.3, 0.4) is 0 Å². The second-order valence-electron chi connectivity index (χ2n) is 16.4. The molecule has 1 aliphatic heterocycles. The second-order valence-corrected chi connectivity index (χ2v) is 16.4. The molecule has 1 rings (SSSR count). The van der Waals surface area contributed by atoms with Crippen molar-refractivity contribution in [2.24, 2.45) is 5.73 Å². The average Bonchev–Trinajstić information content (AvgIpc) is 3.33. The van der Waals surface area contributed by atoms with Crippen molar-refractivity contribution in [1.82, 2.24) is 26.6 Å². The molecule has 418 valence electrons. The van der Waals surface area contributed by atoms with E-state index in [9.17, 15) is 54.3 Å². The number of hydrogen-bond acceptors (Lipinski definition) is 22. The molecule has 0 aromatic carbocycles. The minimum atomic E-state index is -1.39. The van der Waals surface area contributed by atoms with Gasteiger partial charge in [-0.2, -0.15) is 0 Å². The lowest BCUT2D eigenvalue weighted by Gasteiger charge is -2.33. The van der Waals surface area contributed by atoms with Crippen LogP contribution in [-0.2, 0) is 76.1 Å². The van der Waals surface area contributed by atoms with Gasteiger partial charge in [-0.15, -0.1) is 0 Å². The van der Waals surface area contributed by atoms with Crippen LogP contribution >= 0.6 is 0 Å². The quantitative estimate of drug-likeness (QED) is 0.0206. The van der Waals surface area contributed by atoms with Crippen LogP contribution in [0.4, 0.5) is 0 Å². The second kappa shape index (κ2) is 41.2. The van der Waals surface area contributed by atoms with E-state index in [2.05, 4.69) is 26.6 Å². The van der Waals surface area contributed by atoms with Gasteiger partial charge in [-0.1, -0.05) is 0 Å². The molecule has 5 amide bonds. The molecule has 0 aromatic rings. The molecule has 9 atom stereocenters. The Bertz CT molecular complexity index is 1550. The van der Waals surface area contributed by atoms with Crippen molar-refractivity contribution < 1.29 is 102 Å². The summed E-state index contributed by atoms with van der Waals surface area (Å²) in [5.41, 5.74) is 5.63. The van der Waals surface area contributed by atoms with E-state index in [-0.39, 0.29) is 104 Å². The standard InChI is InChI=1S/C45H82N6O21/c1-30(54)34(9-6-8-12-47-39(59)28-67-19-17-63-13-15-65-21-23-69-44(36(25-52)48-32(3)56)72-38(26-53)31(2)55)51-43(62)35(10-5-7-11-46)50-40(60)29-68-20-18-64-14-16-66-22-24-70-45-41(49-33(4)57)42(61)37(58)27-71-45/h27,31,34-36,38,41-42,44-45,52-53,55,58,61H,5-26,28-29,46H2,1-4H3,(H,47,59)(H,48,56)(H,49,57)(H,50,60)(H,51,62). The highest BCUT2D eigenvalue weighted by molar-refractivity contribution is 5.92. The maximum absolute atomic E-state index is 13.3. The Balaban J connectivity index is 2.25. The van der Waals surface area contributed by atoms with Crippen molar-refractivity contribution in [3.63, 3.8) is 0 Å². The van der Waals surface area contributed by atoms with Crippen molar-refractivity contribution in [2.75, 3.05) is 119 Å². The Labute approximate surface area is 420 Å². The molecule has 27 nitrogen and oxygen atoms in total. The molecule has 1 aliphatic rings. The number of carbonyl (C=O) groups is 6. The fourth-order valence-electron chi connectivity index (χ4n) is 6.40. The first kappa shape index (κ1) is 65.8. The number of ketones is 1. The third-order valence-electron chi connectivity index (χ3n) is 10.2. The summed E-state index contributed by atoms with van der Waals surface area (Å²) in [6.07, 6.45) is -1.88. The zero-order valence-electron chi connectivity index (χ0n) is 42.1. The van der Waals surface area contributed by atoms with Crippen molar-refractivity contribution in [1.29, 1.82) is 0 Å². The van der Waals surface area contributed by atoms with E-state index in [0.29, 0.717) is 51.6 Å². The summed E-state index contributed by atoms with van der Waals surface area (Å²) < 4.78 is 54.4. The summed E-state index contributed by atoms with van der Waals surface area (Å²) in [6.45, 7) is 6.20. The van der Waals surface area contributed by atoms with Crippen molar-refractivity contribution in [3.8, 4) is 0 Å². The largest absolute Gasteiger partial charge is 0.506 e. The first-order valence-corrected chi connectivity index (χ1v) is 24.1. The van der Waals surface area contributed by atoms with E-state index in [4.69, 9.17) is 53.1 Å². The van der Waals surface area contributed by atoms with E-state index in [1.807, 2.05) is 0 Å². The summed E-state index contributed by atoms with van der Waals surface area (Å²) >= 11 is 0. The predicted octanol–water partition coefficient (Wildman–Crippen LogP) is -3.70. The van der Waals surface area contributed by atoms with Crippen LogP contribution in [0.1, 0.15) is 66.2 Å². The van der Waals surface area contributed by atoms with Gasteiger partial charge in [0.1, 0.15) is 49.8 Å². The Hall–Kier alpha value is -4.20. The van der Waals surface area contributed by atoms with Crippen LogP contribution < -0.4 is 32.3 Å². The van der Waals surface area contributed by atoms with Gasteiger partial charge in [0.2, 0.25) is 35.8 Å². The molecule has 0 bridgehead atoms. The van der Waals surface area contributed by atoms with Crippen LogP contribution in [0.15, 0.2) is 12.0 Å². The summed E-state index contributed by atoms with van der Waals surface area (Å²) in [5.74, 6) is -2.97. The van der Waals surface area contributed by atoms with Crippen LogP contribution in [0.2, 0.25) is 0 Å². The molecule has 0 fully saturated rings. The third-order valence-corrected chi connectivity index (χ3v) is 10.2. The molecule has 0 saturated heterocycles. The van der Waals surface area contributed by atoms with Gasteiger partial charge in [0, 0.05) is 20.4 Å². The Kier molecular flexibility index (Phi) is 37.6. The zero-order chi connectivity index (χ0) is 53.5. The van der Waals surface area contributed by atoms with Crippen molar-refractivity contribution in [2.45, 2.75) is 121 Å². The fraction of sp³-hybridized carbons (Fsp3) is 0.822. The number of aliphatic hydroxyl groups is 5. The lowest BCUT2D eigenvalue weighted by Crippen LogP contribution is -2.54. The van der Waals surface area contributed by atoms with Gasteiger partial charge in [0.25, 0.3) is 0 Å². The normalized spacial score (nSPS) is 18.1. The molecular formula is C45H82N6O21. The van der Waals surface area contributed by atoms with Gasteiger partial charge in [0.15, 0.2) is 17.8 Å². The number of nitrogens with two attached hydrogens (primary N) is 1. The molecule has 0 aliphatic carbocycles. The lowest BCUT2D eigenvalue weighted by atomic mass is 10.0. The number of hydrogen-bond donors (Lipinski definition) is 11. The monoisotopic (exact) mass is 1040 g/mol. The summed E-state index contributed by atoms with van der Waals surface area (Å²) in [5, 5.41) is 61.8. The molecule has 1 heterocycles. The number of ether oxygens (including phenoxy) is 10. The highest BCUT2D eigenvalue weighted by Crippen LogP contribution is 2.18. The molecule has 72 heavy (non-hydrogen) atoms. The van der Waals surface area contributed by atoms with E-state index >= 15 is 0 Å². The number of carbonyl (C=O) groups excluding carboxylic acids is 6.